The third kappa shape index (κ3) is 9.93. The van der Waals surface area contributed by atoms with Gasteiger partial charge in [-0.25, -0.2) is 4.79 Å². The molecule has 0 heterocycles. The molecule has 8 nitrogen and oxygen atoms in total. The Morgan fingerprint density at radius 1 is 1.00 bits per heavy atom. The van der Waals surface area contributed by atoms with Crippen LogP contribution in [0.4, 0.5) is 4.79 Å². The molecule has 0 fully saturated rings. The quantitative estimate of drug-likeness (QED) is 0.312. The Morgan fingerprint density at radius 2 is 1.62 bits per heavy atom. The zero-order valence-electron chi connectivity index (χ0n) is 24.4. The molecule has 0 saturated heterocycles. The zero-order chi connectivity index (χ0) is 29.2. The van der Waals surface area contributed by atoms with Gasteiger partial charge < -0.3 is 25.4 Å². The highest BCUT2D eigenvalue weighted by molar-refractivity contribution is 5.92. The van der Waals surface area contributed by atoms with Crippen LogP contribution in [0.2, 0.25) is 0 Å². The van der Waals surface area contributed by atoms with Crippen LogP contribution >= 0.6 is 0 Å². The van der Waals surface area contributed by atoms with E-state index < -0.39 is 23.8 Å². The van der Waals surface area contributed by atoms with Gasteiger partial charge in [-0.05, 0) is 70.7 Å². The number of rotatable bonds is 12. The van der Waals surface area contributed by atoms with Gasteiger partial charge in [0, 0.05) is 19.0 Å². The van der Waals surface area contributed by atoms with Gasteiger partial charge in [-0.2, -0.15) is 0 Å². The molecule has 0 aromatic heterocycles. The number of amides is 3. The highest BCUT2D eigenvalue weighted by Crippen LogP contribution is 2.27. The summed E-state index contributed by atoms with van der Waals surface area (Å²) in [5.74, 6) is -0.549. The first-order valence-corrected chi connectivity index (χ1v) is 13.8. The predicted octanol–water partition coefficient (Wildman–Crippen LogP) is 5.42. The Balaban J connectivity index is 2.55. The van der Waals surface area contributed by atoms with E-state index in [1.54, 1.807) is 37.8 Å². The number of unbranched alkanes of at least 4 members (excludes halogenated alkanes) is 1. The molecule has 0 radical (unpaired) electrons. The highest BCUT2D eigenvalue weighted by atomic mass is 16.6. The lowest BCUT2D eigenvalue weighted by Gasteiger charge is -2.38. The number of ether oxygens (including phenoxy) is 1. The van der Waals surface area contributed by atoms with Crippen LogP contribution in [0.5, 0.6) is 5.75 Å². The molecule has 0 saturated carbocycles. The molecule has 3 N–H and O–H groups in total. The molecular formula is C31H45N3O5. The molecule has 0 bridgehead atoms. The van der Waals surface area contributed by atoms with Crippen LogP contribution in [0.15, 0.2) is 48.5 Å². The van der Waals surface area contributed by atoms with Crippen molar-refractivity contribution in [1.29, 1.82) is 0 Å². The SMILES string of the molecule is CCCCNC(=O)C(c1ccc(C)cc1)N(C(=O)C(Cc1ccc(O)cc1)NC(=O)OC(C)(C)C)C(C)CC. The Kier molecular flexibility index (Phi) is 11.8. The highest BCUT2D eigenvalue weighted by Gasteiger charge is 2.38. The second-order valence-corrected chi connectivity index (χ2v) is 11.0. The van der Waals surface area contributed by atoms with E-state index in [0.717, 1.165) is 24.0 Å². The van der Waals surface area contributed by atoms with Crippen molar-refractivity contribution in [2.24, 2.45) is 0 Å². The van der Waals surface area contributed by atoms with Gasteiger partial charge in [-0.15, -0.1) is 0 Å². The number of aryl methyl sites for hydroxylation is 1. The first kappa shape index (κ1) is 31.7. The average Bonchev–Trinajstić information content (AvgIpc) is 2.87. The summed E-state index contributed by atoms with van der Waals surface area (Å²) in [5, 5.41) is 15.5. The van der Waals surface area contributed by atoms with Crippen molar-refractivity contribution in [3.63, 3.8) is 0 Å². The minimum Gasteiger partial charge on any atom is -0.508 e. The van der Waals surface area contributed by atoms with Gasteiger partial charge in [0.25, 0.3) is 0 Å². The summed E-state index contributed by atoms with van der Waals surface area (Å²) in [6.07, 6.45) is 1.80. The van der Waals surface area contributed by atoms with Crippen molar-refractivity contribution in [1.82, 2.24) is 15.5 Å². The molecule has 214 valence electrons. The van der Waals surface area contributed by atoms with E-state index in [-0.39, 0.29) is 30.0 Å². The summed E-state index contributed by atoms with van der Waals surface area (Å²) in [5.41, 5.74) is 1.73. The number of carbonyl (C=O) groups excluding carboxylic acids is 3. The molecule has 0 aliphatic carbocycles. The monoisotopic (exact) mass is 539 g/mol. The first-order valence-electron chi connectivity index (χ1n) is 13.8. The molecule has 0 aliphatic heterocycles. The number of phenolic OH excluding ortho intramolecular Hbond substituents is 1. The second kappa shape index (κ2) is 14.6. The maximum absolute atomic E-state index is 14.4. The van der Waals surface area contributed by atoms with Crippen molar-refractivity contribution in [3.8, 4) is 5.75 Å². The number of nitrogens with one attached hydrogen (secondary N) is 2. The van der Waals surface area contributed by atoms with E-state index >= 15 is 0 Å². The van der Waals surface area contributed by atoms with Crippen molar-refractivity contribution < 1.29 is 24.2 Å². The number of hydrogen-bond donors (Lipinski definition) is 3. The maximum atomic E-state index is 14.4. The molecule has 2 aromatic carbocycles. The average molecular weight is 540 g/mol. The van der Waals surface area contributed by atoms with Crippen LogP contribution in [0.25, 0.3) is 0 Å². The van der Waals surface area contributed by atoms with Gasteiger partial charge in [-0.3, -0.25) is 9.59 Å². The van der Waals surface area contributed by atoms with Crippen LogP contribution in [0, 0.1) is 6.92 Å². The van der Waals surface area contributed by atoms with Crippen LogP contribution in [-0.2, 0) is 20.7 Å². The predicted molar refractivity (Wildman–Crippen MR) is 153 cm³/mol. The molecule has 39 heavy (non-hydrogen) atoms. The van der Waals surface area contributed by atoms with E-state index in [1.165, 1.54) is 12.1 Å². The topological polar surface area (TPSA) is 108 Å². The fraction of sp³-hybridized carbons (Fsp3) is 0.516. The molecule has 3 unspecified atom stereocenters. The summed E-state index contributed by atoms with van der Waals surface area (Å²) in [7, 11) is 0. The number of carbonyl (C=O) groups is 3. The summed E-state index contributed by atoms with van der Waals surface area (Å²) in [6, 6.07) is 11.9. The third-order valence-electron chi connectivity index (χ3n) is 6.43. The fourth-order valence-corrected chi connectivity index (χ4v) is 4.17. The molecule has 8 heteroatoms. The molecule has 2 aromatic rings. The van der Waals surface area contributed by atoms with Gasteiger partial charge in [0.05, 0.1) is 0 Å². The van der Waals surface area contributed by atoms with Crippen LogP contribution in [0.1, 0.15) is 83.5 Å². The first-order chi connectivity index (χ1) is 18.4. The lowest BCUT2D eigenvalue weighted by molar-refractivity contribution is -0.145. The minimum absolute atomic E-state index is 0.103. The van der Waals surface area contributed by atoms with Crippen molar-refractivity contribution in [2.45, 2.75) is 97.9 Å². The van der Waals surface area contributed by atoms with Gasteiger partial charge in [0.2, 0.25) is 11.8 Å². The standard InChI is InChI=1S/C31H45N3O5/c1-8-10-19-32-28(36)27(24-15-11-21(3)12-16-24)34(22(4)9-2)29(37)26(33-30(38)39-31(5,6)7)20-23-13-17-25(35)18-14-23/h11-18,22,26-27,35H,8-10,19-20H2,1-7H3,(H,32,36)(H,33,38). The van der Waals surface area contributed by atoms with Gasteiger partial charge in [-0.1, -0.05) is 62.2 Å². The van der Waals surface area contributed by atoms with E-state index in [2.05, 4.69) is 17.6 Å². The molecule has 2 rings (SSSR count). The summed E-state index contributed by atoms with van der Waals surface area (Å²) in [4.78, 5) is 42.4. The maximum Gasteiger partial charge on any atom is 0.408 e. The molecule has 3 amide bonds. The van der Waals surface area contributed by atoms with Crippen molar-refractivity contribution in [3.05, 3.63) is 65.2 Å². The Labute approximate surface area is 233 Å². The number of hydrogen-bond acceptors (Lipinski definition) is 5. The van der Waals surface area contributed by atoms with E-state index in [0.29, 0.717) is 18.5 Å². The van der Waals surface area contributed by atoms with E-state index in [1.807, 2.05) is 45.0 Å². The summed E-state index contributed by atoms with van der Waals surface area (Å²) >= 11 is 0. The zero-order valence-corrected chi connectivity index (χ0v) is 24.4. The van der Waals surface area contributed by atoms with Crippen LogP contribution in [-0.4, -0.2) is 52.1 Å². The van der Waals surface area contributed by atoms with Gasteiger partial charge in [0.15, 0.2) is 0 Å². The van der Waals surface area contributed by atoms with Crippen LogP contribution < -0.4 is 10.6 Å². The van der Waals surface area contributed by atoms with Gasteiger partial charge in [0.1, 0.15) is 23.4 Å². The summed E-state index contributed by atoms with van der Waals surface area (Å²) in [6.45, 7) is 13.7. The number of aromatic hydroxyl groups is 1. The molecule has 0 aliphatic rings. The number of benzene rings is 2. The van der Waals surface area contributed by atoms with E-state index in [4.69, 9.17) is 4.74 Å². The molecular weight excluding hydrogens is 494 g/mol. The Morgan fingerprint density at radius 3 is 2.15 bits per heavy atom. The van der Waals surface area contributed by atoms with E-state index in [9.17, 15) is 19.5 Å². The molecule has 3 atom stereocenters. The van der Waals surface area contributed by atoms with Crippen LogP contribution in [0.3, 0.4) is 0 Å². The molecule has 0 spiro atoms. The van der Waals surface area contributed by atoms with Crippen molar-refractivity contribution >= 4 is 17.9 Å². The fourth-order valence-electron chi connectivity index (χ4n) is 4.17. The minimum atomic E-state index is -1.00. The van der Waals surface area contributed by atoms with Crippen molar-refractivity contribution in [2.75, 3.05) is 6.54 Å². The Bertz CT molecular complexity index is 1080. The number of nitrogens with zero attached hydrogens (tertiary/aromatic N) is 1. The van der Waals surface area contributed by atoms with Gasteiger partial charge >= 0.3 is 6.09 Å². The summed E-state index contributed by atoms with van der Waals surface area (Å²) < 4.78 is 5.47. The normalized spacial score (nSPS) is 13.6. The lowest BCUT2D eigenvalue weighted by Crippen LogP contribution is -2.56. The lowest BCUT2D eigenvalue weighted by atomic mass is 9.97. The third-order valence-corrected chi connectivity index (χ3v) is 6.43. The number of alkyl carbamates (subject to hydrolysis) is 1. The second-order valence-electron chi connectivity index (χ2n) is 11.0. The largest absolute Gasteiger partial charge is 0.508 e. The smallest absolute Gasteiger partial charge is 0.408 e. The Hall–Kier alpha value is -3.55. The number of phenols is 1.